The van der Waals surface area contributed by atoms with Gasteiger partial charge >= 0.3 is 5.97 Å². The number of carbonyl (C=O) groups is 1. The monoisotopic (exact) mass is 174 g/mol. The van der Waals surface area contributed by atoms with Crippen LogP contribution >= 0.6 is 11.6 Å². The molecule has 0 spiro atoms. The predicted octanol–water partition coefficient (Wildman–Crippen LogP) is 1.25. The van der Waals surface area contributed by atoms with E-state index in [-0.39, 0.29) is 0 Å². The van der Waals surface area contributed by atoms with Gasteiger partial charge in [0.15, 0.2) is 0 Å². The van der Waals surface area contributed by atoms with Crippen molar-refractivity contribution in [2.75, 3.05) is 0 Å². The molecule has 11 heavy (non-hydrogen) atoms. The molecule has 0 fully saturated rings. The average molecular weight is 175 g/mol. The van der Waals surface area contributed by atoms with Crippen LogP contribution in [0.15, 0.2) is 6.20 Å². The molecular formula is C6H7ClN2O2. The van der Waals surface area contributed by atoms with Gasteiger partial charge in [0.1, 0.15) is 5.15 Å². The van der Waals surface area contributed by atoms with Crippen molar-refractivity contribution in [3.63, 3.8) is 0 Å². The van der Waals surface area contributed by atoms with Gasteiger partial charge in [-0.05, 0) is 6.92 Å². The fourth-order valence-electron chi connectivity index (χ4n) is 0.715. The van der Waals surface area contributed by atoms with E-state index < -0.39 is 11.9 Å². The molecule has 2 N–H and O–H groups in total. The summed E-state index contributed by atoms with van der Waals surface area (Å²) in [7, 11) is 0. The maximum Gasteiger partial charge on any atom is 0.310 e. The van der Waals surface area contributed by atoms with Gasteiger partial charge < -0.3 is 5.11 Å². The fourth-order valence-corrected chi connectivity index (χ4v) is 0.976. The minimum Gasteiger partial charge on any atom is -0.481 e. The van der Waals surface area contributed by atoms with E-state index in [2.05, 4.69) is 10.2 Å². The Kier molecular flexibility index (Phi) is 2.14. The molecule has 0 amide bonds. The second kappa shape index (κ2) is 2.92. The Morgan fingerprint density at radius 2 is 2.55 bits per heavy atom. The van der Waals surface area contributed by atoms with E-state index in [1.165, 1.54) is 6.20 Å². The lowest BCUT2D eigenvalue weighted by Gasteiger charge is -2.01. The quantitative estimate of drug-likeness (QED) is 0.709. The van der Waals surface area contributed by atoms with Crippen LogP contribution in [0.3, 0.4) is 0 Å². The van der Waals surface area contributed by atoms with E-state index in [1.807, 2.05) is 0 Å². The first-order valence-electron chi connectivity index (χ1n) is 3.04. The third-order valence-electron chi connectivity index (χ3n) is 1.46. The summed E-state index contributed by atoms with van der Waals surface area (Å²) >= 11 is 5.60. The number of nitrogens with zero attached hydrogens (tertiary/aromatic N) is 1. The number of aromatic nitrogens is 2. The number of aromatic amines is 1. The average Bonchev–Trinajstić information content (AvgIpc) is 2.33. The van der Waals surface area contributed by atoms with Crippen molar-refractivity contribution in [3.05, 3.63) is 16.9 Å². The van der Waals surface area contributed by atoms with Crippen LogP contribution in [0, 0.1) is 0 Å². The van der Waals surface area contributed by atoms with Gasteiger partial charge in [0, 0.05) is 5.56 Å². The predicted molar refractivity (Wildman–Crippen MR) is 39.6 cm³/mol. The molecule has 1 atom stereocenters. The SMILES string of the molecule is CC(C(=O)O)c1cn[nH]c1Cl. The smallest absolute Gasteiger partial charge is 0.310 e. The fraction of sp³-hybridized carbons (Fsp3) is 0.333. The summed E-state index contributed by atoms with van der Waals surface area (Å²) in [5.74, 6) is -1.52. The zero-order valence-electron chi connectivity index (χ0n) is 5.84. The number of halogens is 1. The van der Waals surface area contributed by atoms with Crippen LogP contribution in [0.25, 0.3) is 0 Å². The first kappa shape index (κ1) is 8.07. The van der Waals surface area contributed by atoms with Gasteiger partial charge in [-0.25, -0.2) is 0 Å². The Labute approximate surface area is 68.2 Å². The van der Waals surface area contributed by atoms with Crippen LogP contribution in [-0.4, -0.2) is 21.3 Å². The van der Waals surface area contributed by atoms with Crippen molar-refractivity contribution in [3.8, 4) is 0 Å². The van der Waals surface area contributed by atoms with Crippen LogP contribution in [0.1, 0.15) is 18.4 Å². The van der Waals surface area contributed by atoms with E-state index in [1.54, 1.807) is 6.92 Å². The molecule has 1 aromatic rings. The number of hydrogen-bond acceptors (Lipinski definition) is 2. The van der Waals surface area contributed by atoms with E-state index >= 15 is 0 Å². The summed E-state index contributed by atoms with van der Waals surface area (Å²) < 4.78 is 0. The molecule has 5 heteroatoms. The largest absolute Gasteiger partial charge is 0.481 e. The second-order valence-electron chi connectivity index (χ2n) is 2.20. The van der Waals surface area contributed by atoms with Crippen molar-refractivity contribution >= 4 is 17.6 Å². The van der Waals surface area contributed by atoms with Crippen molar-refractivity contribution < 1.29 is 9.90 Å². The minimum atomic E-state index is -0.909. The van der Waals surface area contributed by atoms with Gasteiger partial charge in [-0.15, -0.1) is 0 Å². The summed E-state index contributed by atoms with van der Waals surface area (Å²) in [6, 6.07) is 0. The highest BCUT2D eigenvalue weighted by atomic mass is 35.5. The number of aliphatic carboxylic acids is 1. The lowest BCUT2D eigenvalue weighted by molar-refractivity contribution is -0.138. The Morgan fingerprint density at radius 3 is 2.91 bits per heavy atom. The summed E-state index contributed by atoms with van der Waals surface area (Å²) in [5, 5.41) is 14.9. The van der Waals surface area contributed by atoms with Gasteiger partial charge in [-0.1, -0.05) is 11.6 Å². The van der Waals surface area contributed by atoms with Crippen molar-refractivity contribution in [2.24, 2.45) is 0 Å². The maximum atomic E-state index is 10.4. The Morgan fingerprint density at radius 1 is 1.91 bits per heavy atom. The molecule has 1 rings (SSSR count). The molecule has 0 saturated heterocycles. The van der Waals surface area contributed by atoms with E-state index in [9.17, 15) is 4.79 Å². The highest BCUT2D eigenvalue weighted by Crippen LogP contribution is 2.21. The summed E-state index contributed by atoms with van der Waals surface area (Å²) in [6.45, 7) is 1.55. The Balaban J connectivity index is 2.92. The highest BCUT2D eigenvalue weighted by molar-refractivity contribution is 6.30. The van der Waals surface area contributed by atoms with Crippen molar-refractivity contribution in [2.45, 2.75) is 12.8 Å². The van der Waals surface area contributed by atoms with E-state index in [0.29, 0.717) is 10.7 Å². The molecule has 0 aromatic carbocycles. The van der Waals surface area contributed by atoms with Crippen LogP contribution < -0.4 is 0 Å². The zero-order chi connectivity index (χ0) is 8.43. The van der Waals surface area contributed by atoms with Gasteiger partial charge in [0.25, 0.3) is 0 Å². The van der Waals surface area contributed by atoms with Crippen LogP contribution in [0.4, 0.5) is 0 Å². The van der Waals surface area contributed by atoms with E-state index in [4.69, 9.17) is 16.7 Å². The second-order valence-corrected chi connectivity index (χ2v) is 2.58. The molecule has 0 saturated carbocycles. The molecule has 1 aromatic heterocycles. The molecule has 1 unspecified atom stereocenters. The lowest BCUT2D eigenvalue weighted by Crippen LogP contribution is -2.06. The molecule has 0 aliphatic heterocycles. The first-order valence-corrected chi connectivity index (χ1v) is 3.42. The molecule has 0 bridgehead atoms. The lowest BCUT2D eigenvalue weighted by atomic mass is 10.1. The van der Waals surface area contributed by atoms with Crippen LogP contribution in [-0.2, 0) is 4.79 Å². The normalized spacial score (nSPS) is 12.9. The highest BCUT2D eigenvalue weighted by Gasteiger charge is 2.17. The standard InChI is InChI=1S/C6H7ClN2O2/c1-3(6(10)11)4-2-8-9-5(4)7/h2-3H,1H3,(H,8,9)(H,10,11). The van der Waals surface area contributed by atoms with E-state index in [0.717, 1.165) is 0 Å². The zero-order valence-corrected chi connectivity index (χ0v) is 6.59. The number of carboxylic acid groups (broad SMARTS) is 1. The number of H-pyrrole nitrogens is 1. The molecule has 0 aliphatic carbocycles. The molecule has 60 valence electrons. The Bertz CT molecular complexity index is 271. The summed E-state index contributed by atoms with van der Waals surface area (Å²) in [6.07, 6.45) is 1.42. The van der Waals surface area contributed by atoms with Crippen molar-refractivity contribution in [1.82, 2.24) is 10.2 Å². The van der Waals surface area contributed by atoms with Gasteiger partial charge in [-0.2, -0.15) is 5.10 Å². The van der Waals surface area contributed by atoms with Gasteiger partial charge in [0.2, 0.25) is 0 Å². The third-order valence-corrected chi connectivity index (χ3v) is 1.76. The van der Waals surface area contributed by atoms with Crippen LogP contribution in [0.2, 0.25) is 5.15 Å². The Hall–Kier alpha value is -1.03. The maximum absolute atomic E-state index is 10.4. The van der Waals surface area contributed by atoms with Crippen LogP contribution in [0.5, 0.6) is 0 Å². The summed E-state index contributed by atoms with van der Waals surface area (Å²) in [5.41, 5.74) is 0.513. The third kappa shape index (κ3) is 1.51. The van der Waals surface area contributed by atoms with Crippen molar-refractivity contribution in [1.29, 1.82) is 0 Å². The number of carboxylic acids is 1. The topological polar surface area (TPSA) is 66.0 Å². The molecule has 0 radical (unpaired) electrons. The molecular weight excluding hydrogens is 168 g/mol. The number of nitrogens with one attached hydrogen (secondary N) is 1. The van der Waals surface area contributed by atoms with Gasteiger partial charge in [-0.3, -0.25) is 9.89 Å². The first-order chi connectivity index (χ1) is 5.13. The molecule has 1 heterocycles. The number of hydrogen-bond donors (Lipinski definition) is 2. The minimum absolute atomic E-state index is 0.292. The number of rotatable bonds is 2. The van der Waals surface area contributed by atoms with Gasteiger partial charge in [0.05, 0.1) is 12.1 Å². The summed E-state index contributed by atoms with van der Waals surface area (Å²) in [4.78, 5) is 10.4. The molecule has 4 nitrogen and oxygen atoms in total. The molecule has 0 aliphatic rings.